The van der Waals surface area contributed by atoms with Crippen LogP contribution in [0.15, 0.2) is 53.9 Å². The molecule has 0 saturated carbocycles. The first-order valence-electron chi connectivity index (χ1n) is 7.66. The van der Waals surface area contributed by atoms with Crippen LogP contribution < -0.4 is 4.74 Å². The Labute approximate surface area is 154 Å². The number of halogens is 2. The maximum Gasteiger partial charge on any atom is 0.160 e. The molecule has 0 amide bonds. The molecule has 1 heterocycles. The summed E-state index contributed by atoms with van der Waals surface area (Å²) in [6, 6.07) is 11.0. The van der Waals surface area contributed by atoms with Crippen LogP contribution in [0.4, 0.5) is 8.78 Å². The summed E-state index contributed by atoms with van der Waals surface area (Å²) < 4.78 is 55.8. The Morgan fingerprint density at radius 2 is 1.54 bits per heavy atom. The largest absolute Gasteiger partial charge is 0.486 e. The molecule has 26 heavy (non-hydrogen) atoms. The minimum absolute atomic E-state index is 0.174. The fourth-order valence-electron chi connectivity index (χ4n) is 2.27. The van der Waals surface area contributed by atoms with Crippen LogP contribution in [-0.2, 0) is 27.9 Å². The van der Waals surface area contributed by atoms with Gasteiger partial charge in [0.05, 0.1) is 17.2 Å². The standard InChI is InChI=1S/C18H15F2NO3S2/c19-14-3-1-13(2-4-14)11-26(22,23)12-16-10-25-18(21-16)9-24-17-7-5-15(20)6-8-17/h1-8,10H,9,11-12H2. The molecule has 0 aliphatic heterocycles. The highest BCUT2D eigenvalue weighted by Crippen LogP contribution is 2.18. The van der Waals surface area contributed by atoms with Crippen LogP contribution in [0, 0.1) is 11.6 Å². The molecular weight excluding hydrogens is 380 g/mol. The van der Waals surface area contributed by atoms with Crippen LogP contribution in [0.2, 0.25) is 0 Å². The Kier molecular flexibility index (Phi) is 5.63. The zero-order chi connectivity index (χ0) is 18.6. The quantitative estimate of drug-likeness (QED) is 0.604. The Morgan fingerprint density at radius 1 is 0.923 bits per heavy atom. The first kappa shape index (κ1) is 18.5. The summed E-state index contributed by atoms with van der Waals surface area (Å²) in [4.78, 5) is 4.26. The van der Waals surface area contributed by atoms with Gasteiger partial charge in [-0.3, -0.25) is 0 Å². The van der Waals surface area contributed by atoms with Crippen molar-refractivity contribution in [3.8, 4) is 5.75 Å². The topological polar surface area (TPSA) is 56.3 Å². The average Bonchev–Trinajstić information content (AvgIpc) is 3.03. The van der Waals surface area contributed by atoms with Crippen LogP contribution in [0.5, 0.6) is 5.75 Å². The van der Waals surface area contributed by atoms with E-state index in [9.17, 15) is 17.2 Å². The van der Waals surface area contributed by atoms with Gasteiger partial charge >= 0.3 is 0 Å². The van der Waals surface area contributed by atoms with Crippen LogP contribution in [-0.4, -0.2) is 13.4 Å². The Bertz CT molecular complexity index is 968. The fourth-order valence-corrected chi connectivity index (χ4v) is 4.48. The van der Waals surface area contributed by atoms with Crippen LogP contribution in [0.25, 0.3) is 0 Å². The summed E-state index contributed by atoms with van der Waals surface area (Å²) in [6.07, 6.45) is 0. The molecule has 3 rings (SSSR count). The second kappa shape index (κ2) is 7.92. The minimum Gasteiger partial charge on any atom is -0.486 e. The number of nitrogens with zero attached hydrogens (tertiary/aromatic N) is 1. The van der Waals surface area contributed by atoms with E-state index in [4.69, 9.17) is 4.74 Å². The molecule has 1 aromatic heterocycles. The summed E-state index contributed by atoms with van der Waals surface area (Å²) in [7, 11) is -3.42. The van der Waals surface area contributed by atoms with Gasteiger partial charge < -0.3 is 4.74 Å². The van der Waals surface area contributed by atoms with Crippen LogP contribution >= 0.6 is 11.3 Å². The monoisotopic (exact) mass is 395 g/mol. The maximum absolute atomic E-state index is 12.9. The Hall–Kier alpha value is -2.32. The molecule has 136 valence electrons. The molecule has 3 aromatic rings. The first-order valence-corrected chi connectivity index (χ1v) is 10.4. The summed E-state index contributed by atoms with van der Waals surface area (Å²) in [5, 5.41) is 2.30. The first-order chi connectivity index (χ1) is 12.4. The summed E-state index contributed by atoms with van der Waals surface area (Å²) >= 11 is 1.30. The minimum atomic E-state index is -3.42. The van der Waals surface area contributed by atoms with E-state index in [0.717, 1.165) is 0 Å². The highest BCUT2D eigenvalue weighted by molar-refractivity contribution is 7.89. The third-order valence-corrected chi connectivity index (χ3v) is 5.82. The lowest BCUT2D eigenvalue weighted by atomic mass is 10.2. The molecule has 0 N–H and O–H groups in total. The van der Waals surface area contributed by atoms with Gasteiger partial charge in [-0.2, -0.15) is 0 Å². The summed E-state index contributed by atoms with van der Waals surface area (Å²) in [5.41, 5.74) is 0.969. The van der Waals surface area contributed by atoms with Gasteiger partial charge in [-0.25, -0.2) is 22.2 Å². The fraction of sp³-hybridized carbons (Fsp3) is 0.167. The van der Waals surface area contributed by atoms with Crippen molar-refractivity contribution in [3.05, 3.63) is 81.8 Å². The van der Waals surface area contributed by atoms with E-state index < -0.39 is 15.7 Å². The third kappa shape index (κ3) is 5.34. The second-order valence-electron chi connectivity index (χ2n) is 5.63. The zero-order valence-electron chi connectivity index (χ0n) is 13.6. The molecule has 0 radical (unpaired) electrons. The van der Waals surface area contributed by atoms with Crippen molar-refractivity contribution >= 4 is 21.2 Å². The Balaban J connectivity index is 1.58. The second-order valence-corrected chi connectivity index (χ2v) is 8.64. The van der Waals surface area contributed by atoms with Crippen molar-refractivity contribution in [1.29, 1.82) is 0 Å². The molecule has 0 spiro atoms. The molecule has 0 bridgehead atoms. The maximum atomic E-state index is 12.9. The van der Waals surface area contributed by atoms with Gasteiger partial charge in [0.2, 0.25) is 0 Å². The molecule has 8 heteroatoms. The molecule has 2 aromatic carbocycles. The van der Waals surface area contributed by atoms with E-state index >= 15 is 0 Å². The van der Waals surface area contributed by atoms with Crippen molar-refractivity contribution in [2.24, 2.45) is 0 Å². The van der Waals surface area contributed by atoms with Crippen molar-refractivity contribution in [2.45, 2.75) is 18.1 Å². The van der Waals surface area contributed by atoms with E-state index in [1.807, 2.05) is 0 Å². The normalized spacial score (nSPS) is 11.5. The summed E-state index contributed by atoms with van der Waals surface area (Å²) in [5.74, 6) is -0.618. The van der Waals surface area contributed by atoms with Gasteiger partial charge in [0.15, 0.2) is 9.84 Å². The highest BCUT2D eigenvalue weighted by atomic mass is 32.2. The van der Waals surface area contributed by atoms with E-state index in [0.29, 0.717) is 22.0 Å². The van der Waals surface area contributed by atoms with E-state index in [-0.39, 0.29) is 23.9 Å². The number of hydrogen-bond acceptors (Lipinski definition) is 5. The van der Waals surface area contributed by atoms with Crippen molar-refractivity contribution in [2.75, 3.05) is 0 Å². The lowest BCUT2D eigenvalue weighted by Gasteiger charge is -2.04. The van der Waals surface area contributed by atoms with Gasteiger partial charge in [0.1, 0.15) is 29.0 Å². The predicted octanol–water partition coefficient (Wildman–Crippen LogP) is 4.12. The van der Waals surface area contributed by atoms with E-state index in [1.165, 1.54) is 59.9 Å². The van der Waals surface area contributed by atoms with E-state index in [2.05, 4.69) is 4.98 Å². The van der Waals surface area contributed by atoms with Gasteiger partial charge in [-0.05, 0) is 42.0 Å². The SMILES string of the molecule is O=S(=O)(Cc1ccc(F)cc1)Cc1csc(COc2ccc(F)cc2)n1. The van der Waals surface area contributed by atoms with Crippen molar-refractivity contribution < 1.29 is 21.9 Å². The molecule has 0 saturated heterocycles. The third-order valence-electron chi connectivity index (χ3n) is 3.44. The van der Waals surface area contributed by atoms with Gasteiger partial charge in [-0.1, -0.05) is 12.1 Å². The number of hydrogen-bond donors (Lipinski definition) is 0. The zero-order valence-corrected chi connectivity index (χ0v) is 15.2. The molecule has 0 aliphatic rings. The Morgan fingerprint density at radius 3 is 2.19 bits per heavy atom. The molecule has 0 unspecified atom stereocenters. The predicted molar refractivity (Wildman–Crippen MR) is 95.6 cm³/mol. The van der Waals surface area contributed by atoms with Gasteiger partial charge in [0.25, 0.3) is 0 Å². The van der Waals surface area contributed by atoms with Gasteiger partial charge in [0, 0.05) is 5.38 Å². The molecular formula is C18H15F2NO3S2. The van der Waals surface area contributed by atoms with Crippen LogP contribution in [0.3, 0.4) is 0 Å². The highest BCUT2D eigenvalue weighted by Gasteiger charge is 2.16. The van der Waals surface area contributed by atoms with Crippen molar-refractivity contribution in [3.63, 3.8) is 0 Å². The lowest BCUT2D eigenvalue weighted by molar-refractivity contribution is 0.305. The average molecular weight is 395 g/mol. The van der Waals surface area contributed by atoms with Crippen LogP contribution in [0.1, 0.15) is 16.3 Å². The number of aromatic nitrogens is 1. The molecule has 4 nitrogen and oxygen atoms in total. The number of rotatable bonds is 7. The number of ether oxygens (including phenoxy) is 1. The molecule has 0 atom stereocenters. The summed E-state index contributed by atoms with van der Waals surface area (Å²) in [6.45, 7) is 0.175. The van der Waals surface area contributed by atoms with E-state index in [1.54, 1.807) is 5.38 Å². The number of sulfone groups is 1. The number of benzene rings is 2. The van der Waals surface area contributed by atoms with Gasteiger partial charge in [-0.15, -0.1) is 11.3 Å². The number of thiazole rings is 1. The van der Waals surface area contributed by atoms with Crippen molar-refractivity contribution in [1.82, 2.24) is 4.98 Å². The molecule has 0 fully saturated rings. The molecule has 0 aliphatic carbocycles. The smallest absolute Gasteiger partial charge is 0.160 e. The lowest BCUT2D eigenvalue weighted by Crippen LogP contribution is -2.08.